The Morgan fingerprint density at radius 3 is 2.75 bits per heavy atom. The molecule has 6 heteroatoms. The Kier molecular flexibility index (Phi) is 6.61. The van der Waals surface area contributed by atoms with Gasteiger partial charge in [0.1, 0.15) is 12.1 Å². The van der Waals surface area contributed by atoms with Crippen molar-refractivity contribution in [3.63, 3.8) is 0 Å². The van der Waals surface area contributed by atoms with Crippen molar-refractivity contribution in [2.24, 2.45) is 0 Å². The van der Waals surface area contributed by atoms with E-state index in [-0.39, 0.29) is 12.5 Å². The van der Waals surface area contributed by atoms with E-state index >= 15 is 0 Å². The standard InChI is InChI=1S/C18H26N2O4/c1-18(16(21)19-11-7-13-23-2)10-6-12-20(18)17(22)24-14-15-8-4-3-5-9-15/h3-5,8-9H,6-7,10-14H2,1-2H3,(H,19,21). The van der Waals surface area contributed by atoms with Crippen LogP contribution in [0.2, 0.25) is 0 Å². The van der Waals surface area contributed by atoms with E-state index in [9.17, 15) is 9.59 Å². The van der Waals surface area contributed by atoms with Crippen LogP contribution in [-0.4, -0.2) is 49.2 Å². The smallest absolute Gasteiger partial charge is 0.410 e. The average Bonchev–Trinajstić information content (AvgIpc) is 3.00. The van der Waals surface area contributed by atoms with Crippen molar-refractivity contribution in [3.8, 4) is 0 Å². The first-order chi connectivity index (χ1) is 11.6. The van der Waals surface area contributed by atoms with Gasteiger partial charge in [0.05, 0.1) is 0 Å². The van der Waals surface area contributed by atoms with Crippen molar-refractivity contribution in [3.05, 3.63) is 35.9 Å². The lowest BCUT2D eigenvalue weighted by atomic mass is 9.98. The molecule has 1 aromatic rings. The molecule has 0 radical (unpaired) electrons. The van der Waals surface area contributed by atoms with E-state index in [4.69, 9.17) is 9.47 Å². The van der Waals surface area contributed by atoms with E-state index in [1.54, 1.807) is 18.9 Å². The van der Waals surface area contributed by atoms with Crippen LogP contribution in [0.5, 0.6) is 0 Å². The summed E-state index contributed by atoms with van der Waals surface area (Å²) < 4.78 is 10.4. The summed E-state index contributed by atoms with van der Waals surface area (Å²) in [6.45, 7) is 3.68. The Morgan fingerprint density at radius 2 is 2.04 bits per heavy atom. The Bertz CT molecular complexity index is 549. The van der Waals surface area contributed by atoms with Gasteiger partial charge in [-0.25, -0.2) is 4.79 Å². The van der Waals surface area contributed by atoms with Gasteiger partial charge in [-0.2, -0.15) is 0 Å². The highest BCUT2D eigenvalue weighted by Gasteiger charge is 2.46. The maximum Gasteiger partial charge on any atom is 0.410 e. The Morgan fingerprint density at radius 1 is 1.29 bits per heavy atom. The number of nitrogens with one attached hydrogen (secondary N) is 1. The third-order valence-corrected chi connectivity index (χ3v) is 4.37. The first-order valence-electron chi connectivity index (χ1n) is 8.33. The molecule has 0 saturated carbocycles. The van der Waals surface area contributed by atoms with Crippen LogP contribution in [-0.2, 0) is 20.9 Å². The number of nitrogens with zero attached hydrogens (tertiary/aromatic N) is 1. The van der Waals surface area contributed by atoms with E-state index in [1.165, 1.54) is 0 Å². The number of carbonyl (C=O) groups excluding carboxylic acids is 2. The second kappa shape index (κ2) is 8.68. The Hall–Kier alpha value is -2.08. The number of hydrogen-bond donors (Lipinski definition) is 1. The number of benzene rings is 1. The lowest BCUT2D eigenvalue weighted by Crippen LogP contribution is -2.55. The molecule has 6 nitrogen and oxygen atoms in total. The van der Waals surface area contributed by atoms with Crippen LogP contribution in [0.3, 0.4) is 0 Å². The first kappa shape index (κ1) is 18.3. The van der Waals surface area contributed by atoms with Crippen LogP contribution in [0, 0.1) is 0 Å². The number of amides is 2. The molecule has 132 valence electrons. The summed E-state index contributed by atoms with van der Waals surface area (Å²) in [5.41, 5.74) is 0.0803. The van der Waals surface area contributed by atoms with Crippen molar-refractivity contribution in [2.45, 2.75) is 38.3 Å². The molecule has 2 rings (SSSR count). The molecule has 1 aliphatic heterocycles. The van der Waals surface area contributed by atoms with E-state index in [0.29, 0.717) is 26.1 Å². The fraction of sp³-hybridized carbons (Fsp3) is 0.556. The van der Waals surface area contributed by atoms with E-state index in [1.807, 2.05) is 30.3 Å². The Labute approximate surface area is 143 Å². The summed E-state index contributed by atoms with van der Waals surface area (Å²) in [4.78, 5) is 26.5. The van der Waals surface area contributed by atoms with Crippen LogP contribution < -0.4 is 5.32 Å². The fourth-order valence-corrected chi connectivity index (χ4v) is 2.90. The van der Waals surface area contributed by atoms with Gasteiger partial charge in [-0.3, -0.25) is 9.69 Å². The number of hydrogen-bond acceptors (Lipinski definition) is 4. The topological polar surface area (TPSA) is 67.9 Å². The number of methoxy groups -OCH3 is 1. The third-order valence-electron chi connectivity index (χ3n) is 4.37. The maximum absolute atomic E-state index is 12.5. The molecule has 2 amide bonds. The summed E-state index contributed by atoms with van der Waals surface area (Å²) >= 11 is 0. The average molecular weight is 334 g/mol. The van der Waals surface area contributed by atoms with Crippen molar-refractivity contribution in [2.75, 3.05) is 26.8 Å². The molecule has 1 N–H and O–H groups in total. The Balaban J connectivity index is 1.90. The molecule has 0 spiro atoms. The number of carbonyl (C=O) groups is 2. The lowest BCUT2D eigenvalue weighted by molar-refractivity contribution is -0.130. The molecule has 1 aromatic carbocycles. The van der Waals surface area contributed by atoms with E-state index in [2.05, 4.69) is 5.32 Å². The van der Waals surface area contributed by atoms with Gasteiger partial charge in [0, 0.05) is 26.8 Å². The molecular formula is C18H26N2O4. The molecule has 1 atom stereocenters. The number of rotatable bonds is 7. The molecule has 1 saturated heterocycles. The monoisotopic (exact) mass is 334 g/mol. The predicted molar refractivity (Wildman–Crippen MR) is 90.5 cm³/mol. The van der Waals surface area contributed by atoms with Crippen molar-refractivity contribution < 1.29 is 19.1 Å². The SMILES string of the molecule is COCCCNC(=O)C1(C)CCCN1C(=O)OCc1ccccc1. The van der Waals surface area contributed by atoms with Crippen LogP contribution in [0.1, 0.15) is 31.7 Å². The second-order valence-electron chi connectivity index (χ2n) is 6.17. The molecule has 1 heterocycles. The minimum Gasteiger partial charge on any atom is -0.445 e. The van der Waals surface area contributed by atoms with E-state index in [0.717, 1.165) is 18.4 Å². The minimum absolute atomic E-state index is 0.132. The molecule has 1 fully saturated rings. The zero-order valence-corrected chi connectivity index (χ0v) is 14.4. The van der Waals surface area contributed by atoms with Gasteiger partial charge in [0.25, 0.3) is 0 Å². The van der Waals surface area contributed by atoms with Gasteiger partial charge in [0.15, 0.2) is 0 Å². The highest BCUT2D eigenvalue weighted by atomic mass is 16.6. The second-order valence-corrected chi connectivity index (χ2v) is 6.17. The maximum atomic E-state index is 12.5. The van der Waals surface area contributed by atoms with Crippen molar-refractivity contribution >= 4 is 12.0 Å². The van der Waals surface area contributed by atoms with Gasteiger partial charge in [-0.05, 0) is 31.7 Å². The van der Waals surface area contributed by atoms with Crippen LogP contribution >= 0.6 is 0 Å². The number of ether oxygens (including phenoxy) is 2. The van der Waals surface area contributed by atoms with Crippen molar-refractivity contribution in [1.82, 2.24) is 10.2 Å². The predicted octanol–water partition coefficient (Wildman–Crippen LogP) is 2.33. The molecular weight excluding hydrogens is 308 g/mol. The number of likely N-dealkylation sites (tertiary alicyclic amines) is 1. The zero-order valence-electron chi connectivity index (χ0n) is 14.4. The first-order valence-corrected chi connectivity index (χ1v) is 8.33. The third kappa shape index (κ3) is 4.47. The van der Waals surface area contributed by atoms with Crippen LogP contribution in [0.25, 0.3) is 0 Å². The zero-order chi connectivity index (χ0) is 17.4. The molecule has 1 unspecified atom stereocenters. The molecule has 24 heavy (non-hydrogen) atoms. The van der Waals surface area contributed by atoms with Gasteiger partial charge in [-0.1, -0.05) is 30.3 Å². The quantitative estimate of drug-likeness (QED) is 0.777. The summed E-state index contributed by atoms with van der Waals surface area (Å²) in [6.07, 6.45) is 1.74. The largest absolute Gasteiger partial charge is 0.445 e. The summed E-state index contributed by atoms with van der Waals surface area (Å²) in [6, 6.07) is 9.52. The summed E-state index contributed by atoms with van der Waals surface area (Å²) in [5, 5.41) is 2.89. The normalized spacial score (nSPS) is 20.0. The molecule has 1 aliphatic rings. The van der Waals surface area contributed by atoms with Crippen molar-refractivity contribution in [1.29, 1.82) is 0 Å². The molecule has 0 aromatic heterocycles. The summed E-state index contributed by atoms with van der Waals surface area (Å²) in [5.74, 6) is -0.132. The summed E-state index contributed by atoms with van der Waals surface area (Å²) in [7, 11) is 1.63. The highest BCUT2D eigenvalue weighted by molar-refractivity contribution is 5.90. The lowest BCUT2D eigenvalue weighted by Gasteiger charge is -2.33. The van der Waals surface area contributed by atoms with Gasteiger partial charge >= 0.3 is 6.09 Å². The fourth-order valence-electron chi connectivity index (χ4n) is 2.90. The van der Waals surface area contributed by atoms with E-state index < -0.39 is 11.6 Å². The van der Waals surface area contributed by atoms with Gasteiger partial charge in [0.2, 0.25) is 5.91 Å². The molecule has 0 aliphatic carbocycles. The van der Waals surface area contributed by atoms with Gasteiger partial charge in [-0.15, -0.1) is 0 Å². The highest BCUT2D eigenvalue weighted by Crippen LogP contribution is 2.30. The van der Waals surface area contributed by atoms with Crippen LogP contribution in [0.15, 0.2) is 30.3 Å². The van der Waals surface area contributed by atoms with Crippen LogP contribution in [0.4, 0.5) is 4.79 Å². The molecule has 0 bridgehead atoms. The van der Waals surface area contributed by atoms with Gasteiger partial charge < -0.3 is 14.8 Å². The minimum atomic E-state index is -0.846.